The highest BCUT2D eigenvalue weighted by Crippen LogP contribution is 2.25. The second kappa shape index (κ2) is 16.0. The van der Waals surface area contributed by atoms with Crippen LogP contribution in [0.1, 0.15) is 51.0 Å². The van der Waals surface area contributed by atoms with Gasteiger partial charge in [-0.2, -0.15) is 4.31 Å². The van der Waals surface area contributed by atoms with Crippen molar-refractivity contribution < 1.29 is 23.1 Å². The monoisotopic (exact) mass is 547 g/mol. The van der Waals surface area contributed by atoms with Crippen LogP contribution in [0.5, 0.6) is 0 Å². The summed E-state index contributed by atoms with van der Waals surface area (Å²) >= 11 is 0. The Morgan fingerprint density at radius 3 is 2.21 bits per heavy atom. The number of carbonyl (C=O) groups excluding carboxylic acids is 1. The van der Waals surface area contributed by atoms with Crippen LogP contribution in [0.4, 0.5) is 16.2 Å². The molecule has 1 saturated heterocycles. The predicted octanol–water partition coefficient (Wildman–Crippen LogP) is 3.62. The molecule has 0 bridgehead atoms. The van der Waals surface area contributed by atoms with Crippen LogP contribution in [-0.2, 0) is 21.2 Å². The first kappa shape index (κ1) is 31.1. The summed E-state index contributed by atoms with van der Waals surface area (Å²) in [6.07, 6.45) is 6.42. The molecule has 0 aromatic heterocycles. The fourth-order valence-corrected chi connectivity index (χ4v) is 5.89. The lowest BCUT2D eigenvalue weighted by molar-refractivity contribution is -0.122. The number of amides is 2. The Hall–Kier alpha value is -3.15. The lowest BCUT2D eigenvalue weighted by Crippen LogP contribution is -2.42. The van der Waals surface area contributed by atoms with E-state index in [2.05, 4.69) is 36.5 Å². The van der Waals surface area contributed by atoms with Gasteiger partial charge in [0.1, 0.15) is 0 Å². The Bertz CT molecular complexity index is 1090. The van der Waals surface area contributed by atoms with Gasteiger partial charge in [-0.3, -0.25) is 9.69 Å². The first-order valence-corrected chi connectivity index (χ1v) is 14.5. The zero-order valence-electron chi connectivity index (χ0n) is 22.1. The zero-order valence-corrected chi connectivity index (χ0v) is 22.9. The van der Waals surface area contributed by atoms with Crippen molar-refractivity contribution in [3.05, 3.63) is 54.1 Å². The van der Waals surface area contributed by atoms with Gasteiger partial charge in [-0.15, -0.1) is 0 Å². The molecule has 3 rings (SSSR count). The zero-order chi connectivity index (χ0) is 28.0. The molecular formula is C27H41N5O5S. The van der Waals surface area contributed by atoms with Gasteiger partial charge in [0, 0.05) is 37.1 Å². The molecule has 2 aromatic rings. The van der Waals surface area contributed by atoms with E-state index < -0.39 is 16.1 Å². The molecule has 0 atom stereocenters. The van der Waals surface area contributed by atoms with E-state index in [1.807, 2.05) is 0 Å². The third-order valence-electron chi connectivity index (χ3n) is 6.50. The summed E-state index contributed by atoms with van der Waals surface area (Å²) in [5.74, 6) is 0. The van der Waals surface area contributed by atoms with Gasteiger partial charge in [0.15, 0.2) is 0 Å². The maximum atomic E-state index is 13.2. The van der Waals surface area contributed by atoms with Gasteiger partial charge in [-0.1, -0.05) is 38.3 Å². The Kier molecular flexibility index (Phi) is 13.0. The summed E-state index contributed by atoms with van der Waals surface area (Å²) < 4.78 is 27.9. The van der Waals surface area contributed by atoms with Crippen molar-refractivity contribution in [2.45, 2.75) is 62.8 Å². The Labute approximate surface area is 226 Å². The number of nitrogens with two attached hydrogens (primary N) is 2. The molecule has 2 aromatic carbocycles. The van der Waals surface area contributed by atoms with Crippen LogP contribution < -0.4 is 21.7 Å². The van der Waals surface area contributed by atoms with E-state index in [0.717, 1.165) is 50.6 Å². The van der Waals surface area contributed by atoms with Gasteiger partial charge in [0.25, 0.3) is 6.47 Å². The number of nitrogens with one attached hydrogen (secondary N) is 1. The molecule has 1 aliphatic heterocycles. The van der Waals surface area contributed by atoms with Crippen LogP contribution >= 0.6 is 0 Å². The van der Waals surface area contributed by atoms with Gasteiger partial charge in [-0.05, 0) is 74.2 Å². The average molecular weight is 548 g/mol. The highest BCUT2D eigenvalue weighted by molar-refractivity contribution is 7.89. The third kappa shape index (κ3) is 9.30. The van der Waals surface area contributed by atoms with Crippen LogP contribution in [0.3, 0.4) is 0 Å². The number of carbonyl (C=O) groups is 2. The minimum absolute atomic E-state index is 0.223. The van der Waals surface area contributed by atoms with E-state index in [-0.39, 0.29) is 17.4 Å². The summed E-state index contributed by atoms with van der Waals surface area (Å²) in [6.45, 7) is 3.95. The maximum Gasteiger partial charge on any atom is 0.319 e. The minimum atomic E-state index is -3.60. The fraction of sp³-hybridized carbons (Fsp3) is 0.481. The number of urea groups is 1. The van der Waals surface area contributed by atoms with Gasteiger partial charge < -0.3 is 21.9 Å². The lowest BCUT2D eigenvalue weighted by atomic mass is 10.1. The molecule has 38 heavy (non-hydrogen) atoms. The van der Waals surface area contributed by atoms with Gasteiger partial charge in [-0.25, -0.2) is 13.2 Å². The highest BCUT2D eigenvalue weighted by atomic mass is 32.2. The maximum absolute atomic E-state index is 13.2. The molecule has 0 saturated carbocycles. The number of carboxylic acid groups (broad SMARTS) is 1. The summed E-state index contributed by atoms with van der Waals surface area (Å²) in [5.41, 5.74) is 14.0. The molecular weight excluding hydrogens is 506 g/mol. The van der Waals surface area contributed by atoms with Crippen LogP contribution in [0, 0.1) is 0 Å². The van der Waals surface area contributed by atoms with E-state index >= 15 is 0 Å². The summed E-state index contributed by atoms with van der Waals surface area (Å²) in [5, 5.41) is 10.4. The molecule has 0 radical (unpaired) electrons. The van der Waals surface area contributed by atoms with Crippen molar-refractivity contribution >= 4 is 33.9 Å². The van der Waals surface area contributed by atoms with Crippen LogP contribution in [0.15, 0.2) is 53.4 Å². The molecule has 1 fully saturated rings. The van der Waals surface area contributed by atoms with E-state index in [9.17, 15) is 13.2 Å². The second-order valence-electron chi connectivity index (χ2n) is 9.21. The molecule has 0 spiro atoms. The van der Waals surface area contributed by atoms with Gasteiger partial charge in [0.05, 0.1) is 4.90 Å². The van der Waals surface area contributed by atoms with Gasteiger partial charge >= 0.3 is 6.03 Å². The number of nitrogens with zero attached hydrogens (tertiary/aromatic N) is 2. The summed E-state index contributed by atoms with van der Waals surface area (Å²) in [6, 6.07) is 14.4. The summed E-state index contributed by atoms with van der Waals surface area (Å²) in [7, 11) is -3.60. The molecule has 10 nitrogen and oxygen atoms in total. The molecule has 11 heteroatoms. The number of benzene rings is 2. The van der Waals surface area contributed by atoms with Crippen molar-refractivity contribution in [1.29, 1.82) is 0 Å². The number of rotatable bonds is 12. The van der Waals surface area contributed by atoms with E-state index in [0.29, 0.717) is 31.9 Å². The minimum Gasteiger partial charge on any atom is -0.483 e. The number of anilines is 2. The average Bonchev–Trinajstić information content (AvgIpc) is 2.91. The number of primary amides is 1. The van der Waals surface area contributed by atoms with E-state index in [1.165, 1.54) is 10.5 Å². The SMILES string of the molecule is CCCCCCN(C(N)=O)c1ccc(S(=O)(=O)N2CCC(Nc3ccc(CCN)cc3)CC2)cc1.O=CO. The third-order valence-corrected chi connectivity index (χ3v) is 8.41. The number of unbranched alkanes of at least 4 members (excludes halogenated alkanes) is 3. The quantitative estimate of drug-likeness (QED) is 0.233. The number of hydrogen-bond donors (Lipinski definition) is 4. The number of sulfonamides is 1. The lowest BCUT2D eigenvalue weighted by Gasteiger charge is -2.32. The Morgan fingerprint density at radius 1 is 1.08 bits per heavy atom. The second-order valence-corrected chi connectivity index (χ2v) is 11.1. The molecule has 1 heterocycles. The van der Waals surface area contributed by atoms with E-state index in [4.69, 9.17) is 21.4 Å². The predicted molar refractivity (Wildman–Crippen MR) is 151 cm³/mol. The molecule has 2 amide bonds. The normalized spacial score (nSPS) is 14.3. The standard InChI is InChI=1S/C26H39N5O3S.CH2O2/c1-2-3-4-5-18-31(26(28)32)24-10-12-25(13-11-24)35(33,34)30-19-15-23(16-20-30)29-22-8-6-21(7-9-22)14-17-27;2-1-3/h6-13,23,29H,2-5,14-20,27H2,1H3,(H2,28,32);1H,(H,2,3). The molecule has 0 unspecified atom stereocenters. The first-order valence-electron chi connectivity index (χ1n) is 13.1. The smallest absolute Gasteiger partial charge is 0.319 e. The van der Waals surface area contributed by atoms with Crippen molar-refractivity contribution in [3.63, 3.8) is 0 Å². The number of piperidine rings is 1. The topological polar surface area (TPSA) is 159 Å². The van der Waals surface area contributed by atoms with Crippen LogP contribution in [0.2, 0.25) is 0 Å². The van der Waals surface area contributed by atoms with Crippen LogP contribution in [0.25, 0.3) is 0 Å². The summed E-state index contributed by atoms with van der Waals surface area (Å²) in [4.78, 5) is 22.0. The molecule has 210 valence electrons. The van der Waals surface area contributed by atoms with Crippen molar-refractivity contribution in [2.75, 3.05) is 36.4 Å². The van der Waals surface area contributed by atoms with Crippen molar-refractivity contribution in [1.82, 2.24) is 4.31 Å². The first-order chi connectivity index (χ1) is 18.3. The highest BCUT2D eigenvalue weighted by Gasteiger charge is 2.29. The number of hydrogen-bond acceptors (Lipinski definition) is 6. The van der Waals surface area contributed by atoms with Crippen LogP contribution in [-0.4, -0.2) is 62.6 Å². The molecule has 0 aliphatic carbocycles. The fourth-order valence-electron chi connectivity index (χ4n) is 4.42. The van der Waals surface area contributed by atoms with Gasteiger partial charge in [0.2, 0.25) is 10.0 Å². The largest absolute Gasteiger partial charge is 0.483 e. The Balaban J connectivity index is 0.00000161. The van der Waals surface area contributed by atoms with E-state index in [1.54, 1.807) is 28.6 Å². The molecule has 6 N–H and O–H groups in total. The molecule has 1 aliphatic rings. The van der Waals surface area contributed by atoms with Crippen molar-refractivity contribution in [3.8, 4) is 0 Å². The van der Waals surface area contributed by atoms with Crippen molar-refractivity contribution in [2.24, 2.45) is 11.5 Å². The Morgan fingerprint density at radius 2 is 1.68 bits per heavy atom.